The van der Waals surface area contributed by atoms with Crippen LogP contribution in [0.4, 0.5) is 11.9 Å². The first kappa shape index (κ1) is 15.8. The van der Waals surface area contributed by atoms with E-state index in [0.29, 0.717) is 23.8 Å². The number of hydrogen-bond acceptors (Lipinski definition) is 7. The summed E-state index contributed by atoms with van der Waals surface area (Å²) < 4.78 is 6.01. The van der Waals surface area contributed by atoms with Crippen LogP contribution >= 0.6 is 0 Å². The van der Waals surface area contributed by atoms with E-state index in [-0.39, 0.29) is 11.5 Å². The third-order valence-electron chi connectivity index (χ3n) is 3.75. The number of nitrogens with two attached hydrogens (primary N) is 1. The van der Waals surface area contributed by atoms with Gasteiger partial charge in [0.2, 0.25) is 11.9 Å². The van der Waals surface area contributed by atoms with Crippen molar-refractivity contribution in [2.24, 2.45) is 17.2 Å². The molecule has 1 heterocycles. The third kappa shape index (κ3) is 4.17. The average molecular weight is 294 g/mol. The largest absolute Gasteiger partial charge is 0.460 e. The average Bonchev–Trinajstić information content (AvgIpc) is 2.35. The van der Waals surface area contributed by atoms with Gasteiger partial charge in [-0.2, -0.15) is 15.0 Å². The molecule has 1 aromatic rings. The lowest BCUT2D eigenvalue weighted by atomic mass is 9.71. The topological polar surface area (TPSA) is 89.2 Å². The van der Waals surface area contributed by atoms with Gasteiger partial charge in [0.05, 0.1) is 0 Å². The van der Waals surface area contributed by atoms with Crippen LogP contribution in [-0.2, 0) is 0 Å². The van der Waals surface area contributed by atoms with E-state index >= 15 is 0 Å². The number of hydrazine groups is 1. The summed E-state index contributed by atoms with van der Waals surface area (Å²) in [5, 5.41) is 0. The Balaban J connectivity index is 2.16. The minimum Gasteiger partial charge on any atom is -0.460 e. The number of ether oxygens (including phenoxy) is 1. The standard InChI is InChI=1S/C14H26N6O/c1-9-6-10(8-14(2,3)7-9)21-13-17-11(19-15)16-12(18-13)20(4)5/h9-10H,6-8,15H2,1-5H3,(H,16,17,18,19). The first-order chi connectivity index (χ1) is 9.79. The molecule has 118 valence electrons. The highest BCUT2D eigenvalue weighted by Crippen LogP contribution is 2.39. The minimum atomic E-state index is 0.131. The van der Waals surface area contributed by atoms with Crippen LogP contribution in [0.25, 0.3) is 0 Å². The third-order valence-corrected chi connectivity index (χ3v) is 3.75. The summed E-state index contributed by atoms with van der Waals surface area (Å²) in [6.45, 7) is 6.83. The molecule has 2 rings (SSSR count). The quantitative estimate of drug-likeness (QED) is 0.646. The van der Waals surface area contributed by atoms with Crippen molar-refractivity contribution in [2.45, 2.75) is 46.1 Å². The van der Waals surface area contributed by atoms with Gasteiger partial charge in [-0.1, -0.05) is 20.8 Å². The number of anilines is 2. The van der Waals surface area contributed by atoms with Crippen LogP contribution in [0.3, 0.4) is 0 Å². The fraction of sp³-hybridized carbons (Fsp3) is 0.786. The van der Waals surface area contributed by atoms with E-state index in [9.17, 15) is 0 Å². The Hall–Kier alpha value is -1.63. The molecule has 0 amide bonds. The van der Waals surface area contributed by atoms with Gasteiger partial charge in [0, 0.05) is 14.1 Å². The monoisotopic (exact) mass is 294 g/mol. The molecule has 0 aromatic carbocycles. The zero-order valence-electron chi connectivity index (χ0n) is 13.6. The highest BCUT2D eigenvalue weighted by atomic mass is 16.5. The van der Waals surface area contributed by atoms with Crippen molar-refractivity contribution in [3.05, 3.63) is 0 Å². The molecule has 0 aliphatic heterocycles. The second kappa shape index (κ2) is 6.01. The molecule has 3 N–H and O–H groups in total. The molecule has 1 fully saturated rings. The van der Waals surface area contributed by atoms with Crippen molar-refractivity contribution >= 4 is 11.9 Å². The van der Waals surface area contributed by atoms with Gasteiger partial charge < -0.3 is 9.64 Å². The Bertz CT molecular complexity index is 490. The molecular weight excluding hydrogens is 268 g/mol. The van der Waals surface area contributed by atoms with Crippen molar-refractivity contribution < 1.29 is 4.74 Å². The summed E-state index contributed by atoms with van der Waals surface area (Å²) in [4.78, 5) is 14.5. The first-order valence-corrected chi connectivity index (χ1v) is 7.36. The molecule has 0 saturated heterocycles. The molecule has 2 unspecified atom stereocenters. The maximum absolute atomic E-state index is 6.01. The van der Waals surface area contributed by atoms with E-state index in [1.54, 1.807) is 4.90 Å². The summed E-state index contributed by atoms with van der Waals surface area (Å²) in [7, 11) is 3.73. The van der Waals surface area contributed by atoms with E-state index in [1.807, 2.05) is 14.1 Å². The van der Waals surface area contributed by atoms with Gasteiger partial charge in [-0.05, 0) is 30.6 Å². The van der Waals surface area contributed by atoms with E-state index in [2.05, 4.69) is 41.1 Å². The number of rotatable bonds is 4. The highest BCUT2D eigenvalue weighted by molar-refractivity contribution is 5.36. The van der Waals surface area contributed by atoms with Crippen LogP contribution in [0.1, 0.15) is 40.0 Å². The van der Waals surface area contributed by atoms with Gasteiger partial charge in [-0.3, -0.25) is 5.43 Å². The minimum absolute atomic E-state index is 0.131. The summed E-state index contributed by atoms with van der Waals surface area (Å²) in [5.41, 5.74) is 2.74. The Kier molecular flexibility index (Phi) is 4.51. The van der Waals surface area contributed by atoms with Gasteiger partial charge in [-0.15, -0.1) is 0 Å². The molecule has 1 saturated carbocycles. The lowest BCUT2D eigenvalue weighted by molar-refractivity contribution is 0.0500. The molecule has 2 atom stereocenters. The fourth-order valence-electron chi connectivity index (χ4n) is 3.16. The van der Waals surface area contributed by atoms with Crippen molar-refractivity contribution in [3.63, 3.8) is 0 Å². The maximum atomic E-state index is 6.01. The van der Waals surface area contributed by atoms with E-state index in [0.717, 1.165) is 12.8 Å². The van der Waals surface area contributed by atoms with Crippen LogP contribution < -0.4 is 20.9 Å². The molecule has 7 heteroatoms. The number of nitrogens with one attached hydrogen (secondary N) is 1. The van der Waals surface area contributed by atoms with Crippen LogP contribution in [0.2, 0.25) is 0 Å². The van der Waals surface area contributed by atoms with Gasteiger partial charge in [-0.25, -0.2) is 5.84 Å². The smallest absolute Gasteiger partial charge is 0.323 e. The number of aromatic nitrogens is 3. The molecule has 7 nitrogen and oxygen atoms in total. The van der Waals surface area contributed by atoms with Gasteiger partial charge in [0.1, 0.15) is 6.10 Å². The zero-order valence-corrected chi connectivity index (χ0v) is 13.6. The van der Waals surface area contributed by atoms with Gasteiger partial charge in [0.25, 0.3) is 0 Å². The lowest BCUT2D eigenvalue weighted by Crippen LogP contribution is -2.34. The molecular formula is C14H26N6O. The van der Waals surface area contributed by atoms with Gasteiger partial charge in [0.15, 0.2) is 0 Å². The number of nitrogens with zero attached hydrogens (tertiary/aromatic N) is 4. The highest BCUT2D eigenvalue weighted by Gasteiger charge is 2.33. The molecule has 1 aliphatic rings. The lowest BCUT2D eigenvalue weighted by Gasteiger charge is -2.38. The Morgan fingerprint density at radius 3 is 2.52 bits per heavy atom. The molecule has 0 radical (unpaired) electrons. The maximum Gasteiger partial charge on any atom is 0.323 e. The molecule has 1 aromatic heterocycles. The summed E-state index contributed by atoms with van der Waals surface area (Å²) in [5.74, 6) is 6.89. The Labute approximate surface area is 126 Å². The van der Waals surface area contributed by atoms with Crippen LogP contribution in [0.5, 0.6) is 6.01 Å². The summed E-state index contributed by atoms with van der Waals surface area (Å²) in [6, 6.07) is 0.330. The van der Waals surface area contributed by atoms with Crippen LogP contribution in [0, 0.1) is 11.3 Å². The zero-order chi connectivity index (χ0) is 15.6. The predicted octanol–water partition coefficient (Wildman–Crippen LogP) is 1.82. The number of nitrogen functional groups attached to an aromatic ring is 1. The predicted molar refractivity (Wildman–Crippen MR) is 83.2 cm³/mol. The second-order valence-corrected chi connectivity index (χ2v) is 6.93. The van der Waals surface area contributed by atoms with Crippen molar-refractivity contribution in [3.8, 4) is 6.01 Å². The Morgan fingerprint density at radius 2 is 1.95 bits per heavy atom. The fourth-order valence-corrected chi connectivity index (χ4v) is 3.16. The second-order valence-electron chi connectivity index (χ2n) is 6.93. The summed E-state index contributed by atoms with van der Waals surface area (Å²) in [6.07, 6.45) is 3.39. The van der Waals surface area contributed by atoms with E-state index in [1.165, 1.54) is 6.42 Å². The van der Waals surface area contributed by atoms with Crippen molar-refractivity contribution in [1.82, 2.24) is 15.0 Å². The van der Waals surface area contributed by atoms with E-state index < -0.39 is 0 Å². The molecule has 1 aliphatic carbocycles. The molecule has 0 spiro atoms. The summed E-state index contributed by atoms with van der Waals surface area (Å²) >= 11 is 0. The van der Waals surface area contributed by atoms with Crippen molar-refractivity contribution in [1.29, 1.82) is 0 Å². The van der Waals surface area contributed by atoms with Crippen LogP contribution in [0.15, 0.2) is 0 Å². The normalized spacial score (nSPS) is 24.5. The van der Waals surface area contributed by atoms with Crippen molar-refractivity contribution in [2.75, 3.05) is 24.4 Å². The molecule has 21 heavy (non-hydrogen) atoms. The Morgan fingerprint density at radius 1 is 1.24 bits per heavy atom. The molecule has 0 bridgehead atoms. The number of hydrogen-bond donors (Lipinski definition) is 2. The van der Waals surface area contributed by atoms with E-state index in [4.69, 9.17) is 10.6 Å². The first-order valence-electron chi connectivity index (χ1n) is 7.36. The van der Waals surface area contributed by atoms with Gasteiger partial charge >= 0.3 is 6.01 Å². The van der Waals surface area contributed by atoms with Crippen LogP contribution in [-0.4, -0.2) is 35.2 Å². The SMILES string of the molecule is CC1CC(Oc2nc(NN)nc(N(C)C)n2)CC(C)(C)C1.